The van der Waals surface area contributed by atoms with E-state index in [9.17, 15) is 30.3 Å². The summed E-state index contributed by atoms with van der Waals surface area (Å²) in [6.45, 7) is 18.0. The van der Waals surface area contributed by atoms with Crippen molar-refractivity contribution in [2.75, 3.05) is 34.8 Å². The Bertz CT molecular complexity index is 1140. The second-order valence-electron chi connectivity index (χ2n) is 17.2. The number of nitrogens with zero attached hydrogens (tertiary/aromatic N) is 2. The molecule has 0 aromatic heterocycles. The summed E-state index contributed by atoms with van der Waals surface area (Å²) in [7, 11) is 7.12. The first-order chi connectivity index (χ1) is 23.9. The van der Waals surface area contributed by atoms with Crippen molar-refractivity contribution in [1.29, 1.82) is 0 Å². The fourth-order valence-electron chi connectivity index (χ4n) is 8.74. The van der Waals surface area contributed by atoms with E-state index < -0.39 is 96.0 Å². The Morgan fingerprint density at radius 2 is 1.56 bits per heavy atom. The summed E-state index contributed by atoms with van der Waals surface area (Å²) in [5, 5.41) is 58.1. The van der Waals surface area contributed by atoms with Gasteiger partial charge in [0.15, 0.2) is 12.6 Å². The predicted molar refractivity (Wildman–Crippen MR) is 194 cm³/mol. The van der Waals surface area contributed by atoms with Crippen LogP contribution in [0.25, 0.3) is 0 Å². The molecule has 0 aromatic carbocycles. The van der Waals surface area contributed by atoms with E-state index >= 15 is 0 Å². The first kappa shape index (κ1) is 45.4. The van der Waals surface area contributed by atoms with Gasteiger partial charge in [-0.2, -0.15) is 0 Å². The lowest BCUT2D eigenvalue weighted by Gasteiger charge is -2.48. The number of methoxy groups -OCH3 is 1. The van der Waals surface area contributed by atoms with Crippen LogP contribution in [-0.4, -0.2) is 166 Å². The number of carbonyl (C=O) groups excluding carboxylic acids is 1. The summed E-state index contributed by atoms with van der Waals surface area (Å²) in [6, 6.07) is -0.808. The molecule has 3 saturated heterocycles. The zero-order valence-electron chi connectivity index (χ0n) is 34.2. The normalized spacial score (nSPS) is 49.6. The highest BCUT2D eigenvalue weighted by Gasteiger charge is 2.52. The van der Waals surface area contributed by atoms with Gasteiger partial charge in [-0.05, 0) is 94.8 Å². The molecule has 0 aliphatic carbocycles. The summed E-state index contributed by atoms with van der Waals surface area (Å²) in [5.74, 6) is -2.58. The Morgan fingerprint density at radius 1 is 0.942 bits per heavy atom. The molecule has 0 amide bonds. The highest BCUT2D eigenvalue weighted by Crippen LogP contribution is 2.40. The molecule has 0 spiro atoms. The van der Waals surface area contributed by atoms with Gasteiger partial charge in [0, 0.05) is 38.1 Å². The maximum Gasteiger partial charge on any atom is 0.311 e. The lowest BCUT2D eigenvalue weighted by atomic mass is 9.77. The van der Waals surface area contributed by atoms with Crippen molar-refractivity contribution in [2.24, 2.45) is 17.8 Å². The summed E-state index contributed by atoms with van der Waals surface area (Å²) in [6.07, 6.45) is -8.19. The fourth-order valence-corrected chi connectivity index (χ4v) is 8.74. The van der Waals surface area contributed by atoms with Gasteiger partial charge in [0.05, 0.1) is 41.5 Å². The van der Waals surface area contributed by atoms with Gasteiger partial charge < -0.3 is 63.8 Å². The maximum absolute atomic E-state index is 14.2. The number of ether oxygens (including phenoxy) is 6. The number of aliphatic hydroxyl groups excluding tert-OH is 3. The van der Waals surface area contributed by atoms with E-state index in [1.54, 1.807) is 41.5 Å². The van der Waals surface area contributed by atoms with Crippen LogP contribution in [0.5, 0.6) is 0 Å². The summed E-state index contributed by atoms with van der Waals surface area (Å²) in [5.41, 5.74) is -4.37. The monoisotopic (exact) mass is 749 g/mol. The van der Waals surface area contributed by atoms with Crippen LogP contribution in [0.4, 0.5) is 0 Å². The van der Waals surface area contributed by atoms with E-state index in [2.05, 4.69) is 0 Å². The Hall–Kier alpha value is -1.01. The number of aliphatic hydroxyl groups is 5. The van der Waals surface area contributed by atoms with Gasteiger partial charge in [-0.15, -0.1) is 0 Å². The Morgan fingerprint density at radius 3 is 2.12 bits per heavy atom. The molecule has 14 nitrogen and oxygen atoms in total. The third-order valence-corrected chi connectivity index (χ3v) is 12.2. The summed E-state index contributed by atoms with van der Waals surface area (Å²) < 4.78 is 37.5. The SMILES string of the molecule is CC[C@@H]1OC(=O)[C@H](C)[C@H](O[C@@H]2C[C@@](C)(OC)[C@@H](O)[C@H](C)O2)[C@H](C)[C@@H](O[C@@H]2O[C@@H](C)C[C@H](N(C)C)[C@H]2O)[C@@](C)(O)C[C@@H](C)CN(C)[C@H](C)[C@@H](O)[C@]1(C)O. The van der Waals surface area contributed by atoms with Crippen molar-refractivity contribution < 1.29 is 58.7 Å². The second-order valence-corrected chi connectivity index (χ2v) is 17.2. The number of esters is 1. The highest BCUT2D eigenvalue weighted by atomic mass is 16.7. The van der Waals surface area contributed by atoms with Crippen LogP contribution in [0, 0.1) is 17.8 Å². The third-order valence-electron chi connectivity index (χ3n) is 12.2. The molecule has 0 radical (unpaired) electrons. The Labute approximate surface area is 312 Å². The van der Waals surface area contributed by atoms with Crippen LogP contribution >= 0.6 is 0 Å². The Kier molecular flexibility index (Phi) is 15.6. The first-order valence-electron chi connectivity index (χ1n) is 19.1. The van der Waals surface area contributed by atoms with Crippen LogP contribution in [0.15, 0.2) is 0 Å². The van der Waals surface area contributed by atoms with Gasteiger partial charge in [0.25, 0.3) is 0 Å². The molecule has 3 rings (SSSR count). The second kappa shape index (κ2) is 17.8. The van der Waals surface area contributed by atoms with Crippen molar-refractivity contribution in [3.8, 4) is 0 Å². The molecule has 3 fully saturated rings. The number of cyclic esters (lactones) is 1. The molecule has 0 bridgehead atoms. The molecule has 52 heavy (non-hydrogen) atoms. The van der Waals surface area contributed by atoms with Crippen LogP contribution in [0.2, 0.25) is 0 Å². The minimum Gasteiger partial charge on any atom is -0.459 e. The molecule has 0 aromatic rings. The largest absolute Gasteiger partial charge is 0.459 e. The Balaban J connectivity index is 2.17. The van der Waals surface area contributed by atoms with Gasteiger partial charge in [0.1, 0.15) is 30.0 Å². The van der Waals surface area contributed by atoms with Gasteiger partial charge in [-0.3, -0.25) is 4.79 Å². The summed E-state index contributed by atoms with van der Waals surface area (Å²) >= 11 is 0. The molecular weight excluding hydrogens is 676 g/mol. The molecular formula is C38H72N2O12. The molecule has 3 heterocycles. The minimum atomic E-state index is -1.80. The van der Waals surface area contributed by atoms with Crippen molar-refractivity contribution in [3.05, 3.63) is 0 Å². The van der Waals surface area contributed by atoms with E-state index in [1.807, 2.05) is 51.7 Å². The van der Waals surface area contributed by atoms with Crippen molar-refractivity contribution >= 4 is 5.97 Å². The molecule has 306 valence electrons. The average molecular weight is 749 g/mol. The van der Waals surface area contributed by atoms with Gasteiger partial charge in [-0.1, -0.05) is 20.8 Å². The average Bonchev–Trinajstić information content (AvgIpc) is 3.05. The number of hydrogen-bond donors (Lipinski definition) is 5. The van der Waals surface area contributed by atoms with Crippen LogP contribution < -0.4 is 0 Å². The first-order valence-corrected chi connectivity index (χ1v) is 19.1. The predicted octanol–water partition coefficient (Wildman–Crippen LogP) is 1.90. The zero-order valence-corrected chi connectivity index (χ0v) is 34.2. The van der Waals surface area contributed by atoms with Gasteiger partial charge >= 0.3 is 5.97 Å². The quantitative estimate of drug-likeness (QED) is 0.238. The van der Waals surface area contributed by atoms with E-state index in [-0.39, 0.29) is 37.3 Å². The van der Waals surface area contributed by atoms with Crippen molar-refractivity contribution in [1.82, 2.24) is 9.80 Å². The maximum atomic E-state index is 14.2. The van der Waals surface area contributed by atoms with Gasteiger partial charge in [-0.25, -0.2) is 0 Å². The smallest absolute Gasteiger partial charge is 0.311 e. The zero-order chi connectivity index (χ0) is 39.7. The molecule has 18 atom stereocenters. The standard InChI is InChI=1S/C38H72N2O12/c1-15-27-38(10,46)31(42)24(6)40(13)19-20(2)17-36(8,45)33(52-35-29(41)26(39(11)12)16-21(3)48-35)22(4)30(23(5)34(44)50-27)51-28-18-37(9,47-14)32(43)25(7)49-28/h20-33,35,41-43,45-46H,15-19H2,1-14H3/t20-,21+,22+,23-,24-,25+,26+,27+,28-,29-,30-,31-,32+,33-,35+,36+,37-,38-/m1/s1. The van der Waals surface area contributed by atoms with Crippen molar-refractivity contribution in [2.45, 2.75) is 185 Å². The van der Waals surface area contributed by atoms with E-state index in [0.29, 0.717) is 13.0 Å². The number of hydrogen-bond acceptors (Lipinski definition) is 14. The third kappa shape index (κ3) is 10.0. The van der Waals surface area contributed by atoms with Crippen LogP contribution in [-0.2, 0) is 33.2 Å². The van der Waals surface area contributed by atoms with Gasteiger partial charge in [0.2, 0.25) is 0 Å². The molecule has 14 heteroatoms. The minimum absolute atomic E-state index is 0.133. The molecule has 3 aliphatic rings. The van der Waals surface area contributed by atoms with Crippen LogP contribution in [0.3, 0.4) is 0 Å². The number of rotatable bonds is 7. The molecule has 0 unspecified atom stereocenters. The van der Waals surface area contributed by atoms with Crippen molar-refractivity contribution in [3.63, 3.8) is 0 Å². The number of carbonyl (C=O) groups is 1. The lowest BCUT2D eigenvalue weighted by Crippen LogP contribution is -2.60. The topological polar surface area (TPSA) is 180 Å². The van der Waals surface area contributed by atoms with E-state index in [1.165, 1.54) is 14.0 Å². The summed E-state index contributed by atoms with van der Waals surface area (Å²) in [4.78, 5) is 18.0. The highest BCUT2D eigenvalue weighted by molar-refractivity contribution is 5.73. The van der Waals surface area contributed by atoms with E-state index in [0.717, 1.165) is 0 Å². The number of likely N-dealkylation sites (N-methyl/N-ethyl adjacent to an activating group) is 2. The molecule has 0 saturated carbocycles. The fraction of sp³-hybridized carbons (Fsp3) is 0.974. The molecule has 3 aliphatic heterocycles. The lowest BCUT2D eigenvalue weighted by molar-refractivity contribution is -0.318. The van der Waals surface area contributed by atoms with E-state index in [4.69, 9.17) is 28.4 Å². The molecule has 5 N–H and O–H groups in total. The van der Waals surface area contributed by atoms with Crippen LogP contribution in [0.1, 0.15) is 94.9 Å².